The molecule has 1 saturated carbocycles. The van der Waals surface area contributed by atoms with Crippen molar-refractivity contribution in [2.45, 2.75) is 43.0 Å². The average Bonchev–Trinajstić information content (AvgIpc) is 2.97. The third-order valence-electron chi connectivity index (χ3n) is 3.22. The predicted octanol–water partition coefficient (Wildman–Crippen LogP) is 2.63. The zero-order valence-electron chi connectivity index (χ0n) is 10.4. The van der Waals surface area contributed by atoms with Gasteiger partial charge in [-0.15, -0.1) is 11.8 Å². The van der Waals surface area contributed by atoms with Crippen molar-refractivity contribution in [1.29, 1.82) is 5.26 Å². The van der Waals surface area contributed by atoms with E-state index < -0.39 is 5.54 Å². The number of aryl methyl sites for hydroxylation is 1. The van der Waals surface area contributed by atoms with Crippen LogP contribution in [0.3, 0.4) is 0 Å². The zero-order valence-corrected chi connectivity index (χ0v) is 11.2. The molecule has 2 rings (SSSR count). The van der Waals surface area contributed by atoms with Crippen LogP contribution in [0, 0.1) is 18.3 Å². The number of hydrogen-bond donors (Lipinski definition) is 1. The molecular weight excluding hydrogens is 248 g/mol. The Hall–Kier alpha value is -1.41. The maximum Gasteiger partial charge on any atom is 0.231 e. The number of hydrogen-bond acceptors (Lipinski definition) is 4. The van der Waals surface area contributed by atoms with Crippen LogP contribution in [0.2, 0.25) is 0 Å². The molecular formula is C13H16N2O2S. The Morgan fingerprint density at radius 2 is 2.33 bits per heavy atom. The molecule has 0 unspecified atom stereocenters. The molecule has 0 radical (unpaired) electrons. The highest BCUT2D eigenvalue weighted by molar-refractivity contribution is 8.00. The molecule has 1 N–H and O–H groups in total. The second kappa shape index (κ2) is 5.49. The Balaban J connectivity index is 1.86. The van der Waals surface area contributed by atoms with Gasteiger partial charge >= 0.3 is 0 Å². The first-order valence-electron chi connectivity index (χ1n) is 6.04. The van der Waals surface area contributed by atoms with Crippen LogP contribution in [-0.2, 0) is 4.79 Å². The second-order valence-corrected chi connectivity index (χ2v) is 5.60. The lowest BCUT2D eigenvalue weighted by Gasteiger charge is -2.21. The van der Waals surface area contributed by atoms with Crippen molar-refractivity contribution in [3.05, 3.63) is 18.1 Å². The number of carbonyl (C=O) groups excluding carboxylic acids is 1. The number of rotatable bonds is 4. The first-order chi connectivity index (χ1) is 8.65. The van der Waals surface area contributed by atoms with Crippen LogP contribution in [0.15, 0.2) is 21.6 Å². The largest absolute Gasteiger partial charge is 0.468 e. The first-order valence-corrected chi connectivity index (χ1v) is 7.03. The Kier molecular flexibility index (Phi) is 3.97. The fourth-order valence-corrected chi connectivity index (χ4v) is 2.97. The number of nitriles is 1. The van der Waals surface area contributed by atoms with E-state index in [1.54, 1.807) is 6.26 Å². The second-order valence-electron chi connectivity index (χ2n) is 4.58. The Bertz CT molecular complexity index is 470. The number of furan rings is 1. The summed E-state index contributed by atoms with van der Waals surface area (Å²) in [6, 6.07) is 4.10. The van der Waals surface area contributed by atoms with Crippen LogP contribution >= 0.6 is 11.8 Å². The smallest absolute Gasteiger partial charge is 0.231 e. The SMILES string of the molecule is Cc1occc1SCC(=O)NC1(C#N)CCCC1. The Morgan fingerprint density at radius 3 is 2.89 bits per heavy atom. The molecule has 5 heteroatoms. The topological polar surface area (TPSA) is 66.0 Å². The minimum Gasteiger partial charge on any atom is -0.468 e. The standard InChI is InChI=1S/C13H16N2O2S/c1-10-11(4-7-17-10)18-8-12(16)15-13(9-14)5-2-3-6-13/h4,7H,2-3,5-6,8H2,1H3,(H,15,16). The molecule has 0 saturated heterocycles. The molecule has 1 aromatic rings. The summed E-state index contributed by atoms with van der Waals surface area (Å²) in [5.41, 5.74) is -0.622. The molecule has 0 bridgehead atoms. The number of thioether (sulfide) groups is 1. The lowest BCUT2D eigenvalue weighted by atomic mass is 10.0. The highest BCUT2D eigenvalue weighted by Crippen LogP contribution is 2.29. The summed E-state index contributed by atoms with van der Waals surface area (Å²) in [6.07, 6.45) is 5.18. The molecule has 1 aliphatic carbocycles. The third-order valence-corrected chi connectivity index (χ3v) is 4.36. The normalized spacial score (nSPS) is 17.3. The molecule has 1 aromatic heterocycles. The average molecular weight is 264 g/mol. The molecule has 1 amide bonds. The fourth-order valence-electron chi connectivity index (χ4n) is 2.21. The molecule has 0 aromatic carbocycles. The van der Waals surface area contributed by atoms with Gasteiger partial charge in [0, 0.05) is 4.90 Å². The van der Waals surface area contributed by atoms with Gasteiger partial charge in [0.15, 0.2) is 0 Å². The van der Waals surface area contributed by atoms with E-state index in [-0.39, 0.29) is 5.91 Å². The van der Waals surface area contributed by atoms with E-state index in [1.165, 1.54) is 11.8 Å². The van der Waals surface area contributed by atoms with Gasteiger partial charge in [0.1, 0.15) is 11.3 Å². The quantitative estimate of drug-likeness (QED) is 0.849. The van der Waals surface area contributed by atoms with Crippen molar-refractivity contribution >= 4 is 17.7 Å². The number of nitrogens with one attached hydrogen (secondary N) is 1. The van der Waals surface area contributed by atoms with E-state index in [0.717, 1.165) is 36.3 Å². The predicted molar refractivity (Wildman–Crippen MR) is 69.1 cm³/mol. The molecule has 18 heavy (non-hydrogen) atoms. The Morgan fingerprint density at radius 1 is 1.61 bits per heavy atom. The Labute approximate surface area is 111 Å². The van der Waals surface area contributed by atoms with Crippen LogP contribution in [0.25, 0.3) is 0 Å². The van der Waals surface area contributed by atoms with E-state index >= 15 is 0 Å². The van der Waals surface area contributed by atoms with E-state index in [2.05, 4.69) is 11.4 Å². The van der Waals surface area contributed by atoms with E-state index in [0.29, 0.717) is 5.75 Å². The van der Waals surface area contributed by atoms with Gasteiger partial charge < -0.3 is 9.73 Å². The molecule has 1 heterocycles. The monoisotopic (exact) mass is 264 g/mol. The molecule has 0 aliphatic heterocycles. The summed E-state index contributed by atoms with van der Waals surface area (Å²) in [4.78, 5) is 12.8. The number of nitrogens with zero attached hydrogens (tertiary/aromatic N) is 1. The summed E-state index contributed by atoms with van der Waals surface area (Å²) in [6.45, 7) is 1.87. The van der Waals surface area contributed by atoms with Crippen molar-refractivity contribution in [2.24, 2.45) is 0 Å². The highest BCUT2D eigenvalue weighted by Gasteiger charge is 2.35. The van der Waals surface area contributed by atoms with Crippen LogP contribution in [0.4, 0.5) is 0 Å². The summed E-state index contributed by atoms with van der Waals surface area (Å²) in [5, 5.41) is 12.0. The van der Waals surface area contributed by atoms with Crippen molar-refractivity contribution in [2.75, 3.05) is 5.75 Å². The minimum atomic E-state index is -0.622. The van der Waals surface area contributed by atoms with Crippen molar-refractivity contribution in [1.82, 2.24) is 5.32 Å². The molecule has 96 valence electrons. The van der Waals surface area contributed by atoms with Crippen molar-refractivity contribution < 1.29 is 9.21 Å². The lowest BCUT2D eigenvalue weighted by molar-refractivity contribution is -0.119. The van der Waals surface area contributed by atoms with Crippen LogP contribution in [0.5, 0.6) is 0 Å². The van der Waals surface area contributed by atoms with E-state index in [4.69, 9.17) is 4.42 Å². The van der Waals surface area contributed by atoms with Gasteiger partial charge in [-0.1, -0.05) is 0 Å². The maximum atomic E-state index is 11.9. The van der Waals surface area contributed by atoms with Gasteiger partial charge in [0.25, 0.3) is 0 Å². The molecule has 4 nitrogen and oxygen atoms in total. The van der Waals surface area contributed by atoms with Gasteiger partial charge in [0.2, 0.25) is 5.91 Å². The highest BCUT2D eigenvalue weighted by atomic mass is 32.2. The van der Waals surface area contributed by atoms with Gasteiger partial charge in [-0.2, -0.15) is 5.26 Å². The molecule has 0 atom stereocenters. The molecule has 1 fully saturated rings. The summed E-state index contributed by atoms with van der Waals surface area (Å²) < 4.78 is 5.17. The number of carbonyl (C=O) groups is 1. The van der Waals surface area contributed by atoms with Gasteiger partial charge in [-0.25, -0.2) is 0 Å². The fraction of sp³-hybridized carbons (Fsp3) is 0.538. The van der Waals surface area contributed by atoms with E-state index in [1.807, 2.05) is 13.0 Å². The first kappa shape index (κ1) is 13.0. The van der Waals surface area contributed by atoms with Crippen molar-refractivity contribution in [3.8, 4) is 6.07 Å². The summed E-state index contributed by atoms with van der Waals surface area (Å²) in [7, 11) is 0. The zero-order chi connectivity index (χ0) is 13.0. The van der Waals surface area contributed by atoms with Gasteiger partial charge in [0.05, 0.1) is 18.1 Å². The van der Waals surface area contributed by atoms with Crippen LogP contribution in [-0.4, -0.2) is 17.2 Å². The van der Waals surface area contributed by atoms with Crippen molar-refractivity contribution in [3.63, 3.8) is 0 Å². The molecule has 1 aliphatic rings. The maximum absolute atomic E-state index is 11.9. The minimum absolute atomic E-state index is 0.0796. The molecule has 0 spiro atoms. The van der Waals surface area contributed by atoms with Gasteiger partial charge in [-0.05, 0) is 38.7 Å². The van der Waals surface area contributed by atoms with Crippen LogP contribution in [0.1, 0.15) is 31.4 Å². The number of amides is 1. The summed E-state index contributed by atoms with van der Waals surface area (Å²) >= 11 is 1.44. The summed E-state index contributed by atoms with van der Waals surface area (Å²) in [5.74, 6) is 1.07. The third kappa shape index (κ3) is 2.88. The van der Waals surface area contributed by atoms with E-state index in [9.17, 15) is 10.1 Å². The van der Waals surface area contributed by atoms with Crippen LogP contribution < -0.4 is 5.32 Å². The lowest BCUT2D eigenvalue weighted by Crippen LogP contribution is -2.45. The van der Waals surface area contributed by atoms with Gasteiger partial charge in [-0.3, -0.25) is 4.79 Å².